The molecule has 0 aliphatic heterocycles. The third kappa shape index (κ3) is 4.10. The maximum absolute atomic E-state index is 11.8. The summed E-state index contributed by atoms with van der Waals surface area (Å²) in [6, 6.07) is 5.61. The maximum Gasteiger partial charge on any atom is 0.220 e. The van der Waals surface area contributed by atoms with Crippen LogP contribution < -0.4 is 5.32 Å². The number of rotatable bonds is 5. The van der Waals surface area contributed by atoms with Gasteiger partial charge in [0.2, 0.25) is 5.91 Å². The minimum atomic E-state index is -0.0950. The molecule has 2 heterocycles. The number of aryl methyl sites for hydroxylation is 2. The number of hydrogen-bond acceptors (Lipinski definition) is 5. The average molecular weight is 276 g/mol. The molecule has 6 heteroatoms. The Morgan fingerprint density at radius 2 is 2.26 bits per heavy atom. The van der Waals surface area contributed by atoms with Crippen molar-refractivity contribution in [3.05, 3.63) is 40.1 Å². The molecule has 0 spiro atoms. The number of carbonyl (C=O) groups is 1. The van der Waals surface area contributed by atoms with Gasteiger partial charge in [0.05, 0.1) is 6.04 Å². The summed E-state index contributed by atoms with van der Waals surface area (Å²) < 4.78 is 0. The molecule has 0 saturated carbocycles. The standard InChI is InChI=1S/C13H16N4OS/c1-9(13-17-16-10(2)19-13)15-12(18)7-6-11-5-3-4-8-14-11/h3-5,8-9H,6-7H2,1-2H3,(H,15,18)/t9-/m1/s1. The van der Waals surface area contributed by atoms with Crippen LogP contribution in [-0.4, -0.2) is 21.1 Å². The summed E-state index contributed by atoms with van der Waals surface area (Å²) in [5, 5.41) is 12.6. The highest BCUT2D eigenvalue weighted by Gasteiger charge is 2.13. The van der Waals surface area contributed by atoms with Crippen LogP contribution in [-0.2, 0) is 11.2 Å². The van der Waals surface area contributed by atoms with E-state index < -0.39 is 0 Å². The molecule has 2 aromatic heterocycles. The lowest BCUT2D eigenvalue weighted by Crippen LogP contribution is -2.26. The zero-order valence-electron chi connectivity index (χ0n) is 11.0. The zero-order valence-corrected chi connectivity index (χ0v) is 11.8. The monoisotopic (exact) mass is 276 g/mol. The van der Waals surface area contributed by atoms with E-state index in [4.69, 9.17) is 0 Å². The van der Waals surface area contributed by atoms with E-state index in [1.165, 1.54) is 11.3 Å². The van der Waals surface area contributed by atoms with Gasteiger partial charge in [-0.1, -0.05) is 17.4 Å². The van der Waals surface area contributed by atoms with Gasteiger partial charge in [-0.05, 0) is 32.4 Å². The second-order valence-electron chi connectivity index (χ2n) is 4.27. The topological polar surface area (TPSA) is 67.8 Å². The Balaban J connectivity index is 1.81. The van der Waals surface area contributed by atoms with Gasteiger partial charge in [-0.15, -0.1) is 10.2 Å². The van der Waals surface area contributed by atoms with Crippen molar-refractivity contribution >= 4 is 17.2 Å². The average Bonchev–Trinajstić information content (AvgIpc) is 2.84. The number of amides is 1. The first kappa shape index (κ1) is 13.6. The molecule has 100 valence electrons. The zero-order chi connectivity index (χ0) is 13.7. The lowest BCUT2D eigenvalue weighted by Gasteiger charge is -2.10. The predicted molar refractivity (Wildman–Crippen MR) is 73.8 cm³/mol. The fourth-order valence-corrected chi connectivity index (χ4v) is 2.35. The summed E-state index contributed by atoms with van der Waals surface area (Å²) >= 11 is 1.50. The van der Waals surface area contributed by atoms with Crippen LogP contribution in [0.15, 0.2) is 24.4 Å². The highest BCUT2D eigenvalue weighted by Crippen LogP contribution is 2.16. The van der Waals surface area contributed by atoms with Gasteiger partial charge in [-0.25, -0.2) is 0 Å². The lowest BCUT2D eigenvalue weighted by atomic mass is 10.2. The molecule has 2 rings (SSSR count). The van der Waals surface area contributed by atoms with E-state index in [1.807, 2.05) is 32.0 Å². The first-order chi connectivity index (χ1) is 9.15. The molecule has 19 heavy (non-hydrogen) atoms. The van der Waals surface area contributed by atoms with Crippen molar-refractivity contribution in [2.45, 2.75) is 32.7 Å². The van der Waals surface area contributed by atoms with E-state index in [2.05, 4.69) is 20.5 Å². The molecule has 1 N–H and O–H groups in total. The van der Waals surface area contributed by atoms with E-state index in [0.29, 0.717) is 12.8 Å². The van der Waals surface area contributed by atoms with Gasteiger partial charge in [-0.2, -0.15) is 0 Å². The predicted octanol–water partition coefficient (Wildman–Crippen LogP) is 2.05. The Labute approximate surface area is 116 Å². The van der Waals surface area contributed by atoms with Crippen molar-refractivity contribution in [2.75, 3.05) is 0 Å². The van der Waals surface area contributed by atoms with Crippen molar-refractivity contribution in [1.82, 2.24) is 20.5 Å². The van der Waals surface area contributed by atoms with Crippen molar-refractivity contribution in [1.29, 1.82) is 0 Å². The first-order valence-electron chi connectivity index (χ1n) is 6.14. The molecule has 0 fully saturated rings. The summed E-state index contributed by atoms with van der Waals surface area (Å²) in [7, 11) is 0. The maximum atomic E-state index is 11.8. The molecule has 0 aromatic carbocycles. The molecule has 0 saturated heterocycles. The fourth-order valence-electron chi connectivity index (χ4n) is 1.65. The lowest BCUT2D eigenvalue weighted by molar-refractivity contribution is -0.121. The smallest absolute Gasteiger partial charge is 0.220 e. The summed E-state index contributed by atoms with van der Waals surface area (Å²) in [6.45, 7) is 3.81. The number of aromatic nitrogens is 3. The number of nitrogens with one attached hydrogen (secondary N) is 1. The van der Waals surface area contributed by atoms with Crippen LogP contribution in [0.1, 0.15) is 35.1 Å². The van der Waals surface area contributed by atoms with Crippen molar-refractivity contribution in [3.63, 3.8) is 0 Å². The van der Waals surface area contributed by atoms with E-state index in [9.17, 15) is 4.79 Å². The summed E-state index contributed by atoms with van der Waals surface area (Å²) in [5.74, 6) is 0.00556. The third-order valence-electron chi connectivity index (χ3n) is 2.62. The van der Waals surface area contributed by atoms with Crippen LogP contribution in [0.4, 0.5) is 0 Å². The van der Waals surface area contributed by atoms with Gasteiger partial charge >= 0.3 is 0 Å². The summed E-state index contributed by atoms with van der Waals surface area (Å²) in [6.07, 6.45) is 2.81. The number of nitrogens with zero attached hydrogens (tertiary/aromatic N) is 3. The quantitative estimate of drug-likeness (QED) is 0.907. The Morgan fingerprint density at radius 3 is 2.89 bits per heavy atom. The largest absolute Gasteiger partial charge is 0.347 e. The molecular weight excluding hydrogens is 260 g/mol. The molecule has 0 aliphatic carbocycles. The SMILES string of the molecule is Cc1nnc([C@@H](C)NC(=O)CCc2ccccn2)s1. The van der Waals surface area contributed by atoms with Gasteiger partial charge in [0, 0.05) is 18.3 Å². The van der Waals surface area contributed by atoms with Crippen LogP contribution in [0, 0.1) is 6.92 Å². The molecule has 2 aromatic rings. The van der Waals surface area contributed by atoms with Crippen molar-refractivity contribution in [2.24, 2.45) is 0 Å². The van der Waals surface area contributed by atoms with Crippen LogP contribution in [0.5, 0.6) is 0 Å². The van der Waals surface area contributed by atoms with Gasteiger partial charge in [0.1, 0.15) is 10.0 Å². The molecule has 1 amide bonds. The normalized spacial score (nSPS) is 12.1. The van der Waals surface area contributed by atoms with Crippen LogP contribution in [0.3, 0.4) is 0 Å². The van der Waals surface area contributed by atoms with Gasteiger partial charge in [0.15, 0.2) is 0 Å². The second kappa shape index (κ2) is 6.38. The number of hydrogen-bond donors (Lipinski definition) is 1. The molecule has 1 atom stereocenters. The summed E-state index contributed by atoms with van der Waals surface area (Å²) in [4.78, 5) is 16.0. The Morgan fingerprint density at radius 1 is 1.42 bits per heavy atom. The van der Waals surface area contributed by atoms with Crippen molar-refractivity contribution in [3.8, 4) is 0 Å². The minimum Gasteiger partial charge on any atom is -0.347 e. The Hall–Kier alpha value is -1.82. The second-order valence-corrected chi connectivity index (χ2v) is 5.48. The molecule has 0 aliphatic rings. The molecule has 0 unspecified atom stereocenters. The minimum absolute atomic E-state index is 0.00556. The van der Waals surface area contributed by atoms with Gasteiger partial charge in [-0.3, -0.25) is 9.78 Å². The van der Waals surface area contributed by atoms with E-state index in [-0.39, 0.29) is 11.9 Å². The van der Waals surface area contributed by atoms with Crippen LogP contribution in [0.25, 0.3) is 0 Å². The molecule has 5 nitrogen and oxygen atoms in total. The number of carbonyl (C=O) groups excluding carboxylic acids is 1. The summed E-state index contributed by atoms with van der Waals surface area (Å²) in [5.41, 5.74) is 0.928. The molecular formula is C13H16N4OS. The first-order valence-corrected chi connectivity index (χ1v) is 6.96. The molecule has 0 bridgehead atoms. The van der Waals surface area contributed by atoms with Crippen molar-refractivity contribution < 1.29 is 4.79 Å². The third-order valence-corrected chi connectivity index (χ3v) is 3.65. The van der Waals surface area contributed by atoms with Gasteiger partial charge < -0.3 is 5.32 Å². The van der Waals surface area contributed by atoms with E-state index >= 15 is 0 Å². The fraction of sp³-hybridized carbons (Fsp3) is 0.385. The van der Waals surface area contributed by atoms with Crippen LogP contribution >= 0.6 is 11.3 Å². The van der Waals surface area contributed by atoms with Gasteiger partial charge in [0.25, 0.3) is 0 Å². The van der Waals surface area contributed by atoms with E-state index in [0.717, 1.165) is 15.7 Å². The van der Waals surface area contributed by atoms with Crippen LogP contribution in [0.2, 0.25) is 0 Å². The Bertz CT molecular complexity index is 541. The molecule has 0 radical (unpaired) electrons. The van der Waals surface area contributed by atoms with E-state index in [1.54, 1.807) is 6.20 Å². The highest BCUT2D eigenvalue weighted by atomic mass is 32.1. The number of pyridine rings is 1. The Kier molecular flexibility index (Phi) is 4.57. The highest BCUT2D eigenvalue weighted by molar-refractivity contribution is 7.11.